The molecule has 0 heterocycles. The van der Waals surface area contributed by atoms with Crippen LogP contribution >= 0.6 is 0 Å². The normalized spacial score (nSPS) is 11.1. The van der Waals surface area contributed by atoms with Crippen LogP contribution in [0.1, 0.15) is 30.5 Å². The Morgan fingerprint density at radius 3 is 1.84 bits per heavy atom. The van der Waals surface area contributed by atoms with Crippen molar-refractivity contribution in [3.63, 3.8) is 0 Å². The summed E-state index contributed by atoms with van der Waals surface area (Å²) < 4.78 is 4.81. The Balaban J connectivity index is 2.32. The lowest BCUT2D eigenvalue weighted by atomic mass is 9.78. The van der Waals surface area contributed by atoms with Gasteiger partial charge in [0.15, 0.2) is 0 Å². The molecule has 2 nitrogen and oxygen atoms in total. The summed E-state index contributed by atoms with van der Waals surface area (Å²) in [5, 5.41) is 0. The molecule has 0 spiro atoms. The van der Waals surface area contributed by atoms with E-state index in [0.29, 0.717) is 12.2 Å². The van der Waals surface area contributed by atoms with Crippen molar-refractivity contribution in [2.45, 2.75) is 26.2 Å². The molecule has 0 saturated carbocycles. The van der Waals surface area contributed by atoms with Crippen molar-refractivity contribution < 1.29 is 9.53 Å². The quantitative estimate of drug-likeness (QED) is 0.774. The summed E-state index contributed by atoms with van der Waals surface area (Å²) in [5.41, 5.74) is 3.64. The van der Waals surface area contributed by atoms with E-state index in [0.717, 1.165) is 0 Å². The van der Waals surface area contributed by atoms with Gasteiger partial charge in [0.05, 0.1) is 0 Å². The topological polar surface area (TPSA) is 26.3 Å². The lowest BCUT2D eigenvalue weighted by Gasteiger charge is -2.26. The van der Waals surface area contributed by atoms with E-state index >= 15 is 0 Å². The molecule has 19 heavy (non-hydrogen) atoms. The van der Waals surface area contributed by atoms with Gasteiger partial charge in [0.25, 0.3) is 6.47 Å². The van der Waals surface area contributed by atoms with Gasteiger partial charge >= 0.3 is 0 Å². The molecule has 0 bridgehead atoms. The van der Waals surface area contributed by atoms with Gasteiger partial charge < -0.3 is 4.74 Å². The van der Waals surface area contributed by atoms with Gasteiger partial charge in [-0.15, -0.1) is 0 Å². The smallest absolute Gasteiger partial charge is 0.298 e. The number of carbonyl (C=O) groups excluding carboxylic acids is 1. The largest absolute Gasteiger partial charge is 0.429 e. The number of aryl methyl sites for hydroxylation is 1. The molecule has 98 valence electrons. The maximum atomic E-state index is 10.3. The van der Waals surface area contributed by atoms with Crippen LogP contribution in [0, 0.1) is 6.92 Å². The van der Waals surface area contributed by atoms with Crippen molar-refractivity contribution in [2.24, 2.45) is 0 Å². The molecule has 0 unspecified atom stereocenters. The summed E-state index contributed by atoms with van der Waals surface area (Å²) in [6.45, 7) is 6.91. The molecule has 2 aromatic rings. The minimum atomic E-state index is -0.0760. The Morgan fingerprint density at radius 2 is 1.37 bits per heavy atom. The highest BCUT2D eigenvalue weighted by atomic mass is 16.5. The highest BCUT2D eigenvalue weighted by Gasteiger charge is 2.22. The van der Waals surface area contributed by atoms with E-state index in [1.54, 1.807) is 0 Å². The summed E-state index contributed by atoms with van der Waals surface area (Å²) in [5.74, 6) is 0.568. The van der Waals surface area contributed by atoms with Crippen molar-refractivity contribution in [2.75, 3.05) is 0 Å². The Morgan fingerprint density at radius 1 is 0.895 bits per heavy atom. The van der Waals surface area contributed by atoms with Gasteiger partial charge in [-0.25, -0.2) is 0 Å². The third kappa shape index (κ3) is 2.84. The van der Waals surface area contributed by atoms with Gasteiger partial charge in [0, 0.05) is 5.41 Å². The van der Waals surface area contributed by atoms with Crippen LogP contribution in [0.3, 0.4) is 0 Å². The van der Waals surface area contributed by atoms with E-state index < -0.39 is 0 Å². The molecule has 0 aliphatic heterocycles. The first kappa shape index (κ1) is 13.3. The van der Waals surface area contributed by atoms with Crippen LogP contribution in [0.15, 0.2) is 48.5 Å². The summed E-state index contributed by atoms with van der Waals surface area (Å²) in [6, 6.07) is 16.2. The molecule has 2 aromatic carbocycles. The maximum absolute atomic E-state index is 10.3. The highest BCUT2D eigenvalue weighted by Crippen LogP contribution is 2.32. The number of hydrogen-bond acceptors (Lipinski definition) is 2. The van der Waals surface area contributed by atoms with Gasteiger partial charge in [0.2, 0.25) is 0 Å². The average molecular weight is 254 g/mol. The van der Waals surface area contributed by atoms with Crippen molar-refractivity contribution in [1.29, 1.82) is 0 Å². The van der Waals surface area contributed by atoms with Crippen LogP contribution in [0.4, 0.5) is 0 Å². The minimum absolute atomic E-state index is 0.0760. The summed E-state index contributed by atoms with van der Waals surface area (Å²) in [7, 11) is 0. The van der Waals surface area contributed by atoms with Crippen LogP contribution in [0.2, 0.25) is 0 Å². The molecular formula is C17H18O2. The highest BCUT2D eigenvalue weighted by molar-refractivity contribution is 5.47. The van der Waals surface area contributed by atoms with Gasteiger partial charge in [-0.1, -0.05) is 55.8 Å². The van der Waals surface area contributed by atoms with Gasteiger partial charge in [-0.2, -0.15) is 0 Å². The molecule has 0 saturated heterocycles. The van der Waals surface area contributed by atoms with Gasteiger partial charge in [-0.3, -0.25) is 4.79 Å². The molecule has 0 N–H and O–H groups in total. The lowest BCUT2D eigenvalue weighted by Crippen LogP contribution is -2.18. The number of hydrogen-bond donors (Lipinski definition) is 0. The van der Waals surface area contributed by atoms with Crippen LogP contribution in [-0.2, 0) is 10.2 Å². The number of ether oxygens (including phenoxy) is 1. The zero-order valence-electron chi connectivity index (χ0n) is 11.5. The van der Waals surface area contributed by atoms with E-state index in [1.807, 2.05) is 24.3 Å². The van der Waals surface area contributed by atoms with Crippen LogP contribution in [-0.4, -0.2) is 6.47 Å². The Labute approximate surface area is 114 Å². The third-order valence-corrected chi connectivity index (χ3v) is 3.53. The summed E-state index contributed by atoms with van der Waals surface area (Å²) in [4.78, 5) is 10.3. The number of carbonyl (C=O) groups is 1. The molecule has 0 fully saturated rings. The Kier molecular flexibility index (Phi) is 3.70. The van der Waals surface area contributed by atoms with E-state index in [-0.39, 0.29) is 5.41 Å². The molecule has 0 aliphatic carbocycles. The van der Waals surface area contributed by atoms with E-state index in [1.165, 1.54) is 16.7 Å². The predicted molar refractivity (Wildman–Crippen MR) is 76.4 cm³/mol. The zero-order chi connectivity index (χ0) is 13.9. The molecule has 0 amide bonds. The number of rotatable bonds is 4. The monoisotopic (exact) mass is 254 g/mol. The fourth-order valence-corrected chi connectivity index (χ4v) is 2.14. The number of benzene rings is 2. The lowest BCUT2D eigenvalue weighted by molar-refractivity contribution is -0.120. The van der Waals surface area contributed by atoms with Crippen molar-refractivity contribution in [3.05, 3.63) is 65.2 Å². The first-order chi connectivity index (χ1) is 9.04. The second kappa shape index (κ2) is 5.27. The summed E-state index contributed by atoms with van der Waals surface area (Å²) >= 11 is 0. The van der Waals surface area contributed by atoms with Gasteiger partial charge in [0.1, 0.15) is 5.75 Å². The first-order valence-electron chi connectivity index (χ1n) is 6.32. The van der Waals surface area contributed by atoms with Crippen LogP contribution < -0.4 is 4.74 Å². The Bertz CT molecular complexity index is 551. The average Bonchev–Trinajstić information content (AvgIpc) is 2.40. The second-order valence-electron chi connectivity index (χ2n) is 5.23. The van der Waals surface area contributed by atoms with Gasteiger partial charge in [-0.05, 0) is 30.2 Å². The standard InChI is InChI=1S/C17H18O2/c1-13-4-6-14(7-5-13)17(2,3)15-8-10-16(11-9-15)19-12-18/h4-12H,1-3H3. The molecular weight excluding hydrogens is 236 g/mol. The minimum Gasteiger partial charge on any atom is -0.429 e. The SMILES string of the molecule is Cc1ccc(C(C)(C)c2ccc(OC=O)cc2)cc1. The van der Waals surface area contributed by atoms with Crippen molar-refractivity contribution in [3.8, 4) is 5.75 Å². The third-order valence-electron chi connectivity index (χ3n) is 3.53. The van der Waals surface area contributed by atoms with Crippen molar-refractivity contribution in [1.82, 2.24) is 0 Å². The Hall–Kier alpha value is -2.09. The van der Waals surface area contributed by atoms with Crippen molar-refractivity contribution >= 4 is 6.47 Å². The van der Waals surface area contributed by atoms with Crippen LogP contribution in [0.5, 0.6) is 5.75 Å². The van der Waals surface area contributed by atoms with E-state index in [9.17, 15) is 4.79 Å². The molecule has 0 atom stereocenters. The van der Waals surface area contributed by atoms with E-state index in [2.05, 4.69) is 45.0 Å². The first-order valence-corrected chi connectivity index (χ1v) is 6.32. The molecule has 2 rings (SSSR count). The molecule has 2 heteroatoms. The summed E-state index contributed by atoms with van der Waals surface area (Å²) in [6.07, 6.45) is 0. The predicted octanol–water partition coefficient (Wildman–Crippen LogP) is 3.86. The van der Waals surface area contributed by atoms with E-state index in [4.69, 9.17) is 4.74 Å². The molecule has 0 radical (unpaired) electrons. The second-order valence-corrected chi connectivity index (χ2v) is 5.23. The maximum Gasteiger partial charge on any atom is 0.298 e. The zero-order valence-corrected chi connectivity index (χ0v) is 11.5. The van der Waals surface area contributed by atoms with Crippen LogP contribution in [0.25, 0.3) is 0 Å². The fraction of sp³-hybridized carbons (Fsp3) is 0.235. The fourth-order valence-electron chi connectivity index (χ4n) is 2.14. The molecule has 0 aromatic heterocycles. The molecule has 0 aliphatic rings.